The summed E-state index contributed by atoms with van der Waals surface area (Å²) in [5, 5.41) is 0.580. The number of likely N-dealkylation sites (tertiary alicyclic amines) is 1. The Morgan fingerprint density at radius 1 is 1.07 bits per heavy atom. The molecule has 0 atom stereocenters. The summed E-state index contributed by atoms with van der Waals surface area (Å²) in [7, 11) is 0. The van der Waals surface area contributed by atoms with Crippen molar-refractivity contribution < 1.29 is 4.79 Å². The third-order valence-corrected chi connectivity index (χ3v) is 5.92. The zero-order valence-corrected chi connectivity index (χ0v) is 17.9. The first-order valence-electron chi connectivity index (χ1n) is 10.4. The van der Waals surface area contributed by atoms with Crippen molar-refractivity contribution in [1.82, 2.24) is 9.88 Å². The molecule has 4 nitrogen and oxygen atoms in total. The molecule has 0 aliphatic carbocycles. The minimum Gasteiger partial charge on any atom is -0.305 e. The number of aromatic nitrogens is 1. The monoisotopic (exact) mass is 419 g/mol. The minimum absolute atomic E-state index is 0.00827. The van der Waals surface area contributed by atoms with E-state index >= 15 is 0 Å². The van der Waals surface area contributed by atoms with E-state index < -0.39 is 0 Å². The summed E-state index contributed by atoms with van der Waals surface area (Å²) in [4.78, 5) is 22.0. The van der Waals surface area contributed by atoms with Crippen molar-refractivity contribution in [3.05, 3.63) is 94.8 Å². The first kappa shape index (κ1) is 20.6. The Morgan fingerprint density at radius 3 is 2.43 bits per heavy atom. The van der Waals surface area contributed by atoms with Gasteiger partial charge in [-0.1, -0.05) is 35.4 Å². The molecule has 2 aromatic carbocycles. The van der Waals surface area contributed by atoms with Crippen LogP contribution in [0.2, 0.25) is 5.02 Å². The smallest absolute Gasteiger partial charge is 0.258 e. The number of rotatable bonds is 5. The van der Waals surface area contributed by atoms with Crippen LogP contribution in [0, 0.1) is 6.92 Å². The fraction of sp³-hybridized carbons (Fsp3) is 0.280. The predicted octanol–water partition coefficient (Wildman–Crippen LogP) is 5.35. The SMILES string of the molecule is Cc1ccc(N(C(=O)c2cccc(Cl)c2)C2CCN(Cc3ccncc3)CC2)cc1. The van der Waals surface area contributed by atoms with Gasteiger partial charge in [0, 0.05) is 54.3 Å². The van der Waals surface area contributed by atoms with Gasteiger partial charge in [0.1, 0.15) is 0 Å². The molecule has 1 fully saturated rings. The quantitative estimate of drug-likeness (QED) is 0.559. The molecule has 0 saturated carbocycles. The molecule has 5 heteroatoms. The number of hydrogen-bond acceptors (Lipinski definition) is 3. The summed E-state index contributed by atoms with van der Waals surface area (Å²) in [6.45, 7) is 4.89. The van der Waals surface area contributed by atoms with Crippen molar-refractivity contribution in [2.24, 2.45) is 0 Å². The third-order valence-electron chi connectivity index (χ3n) is 5.68. The molecule has 1 saturated heterocycles. The van der Waals surface area contributed by atoms with E-state index in [1.165, 1.54) is 11.1 Å². The molecule has 0 spiro atoms. The number of piperidine rings is 1. The highest BCUT2D eigenvalue weighted by molar-refractivity contribution is 6.31. The molecule has 1 aromatic heterocycles. The zero-order chi connectivity index (χ0) is 20.9. The molecule has 1 amide bonds. The number of benzene rings is 2. The molecule has 4 rings (SSSR count). The zero-order valence-electron chi connectivity index (χ0n) is 17.2. The van der Waals surface area contributed by atoms with Crippen LogP contribution in [0.5, 0.6) is 0 Å². The molecule has 0 N–H and O–H groups in total. The molecule has 1 aliphatic heterocycles. The number of carbonyl (C=O) groups excluding carboxylic acids is 1. The largest absolute Gasteiger partial charge is 0.305 e. The highest BCUT2D eigenvalue weighted by Crippen LogP contribution is 2.27. The molecule has 154 valence electrons. The van der Waals surface area contributed by atoms with Crippen molar-refractivity contribution in [2.45, 2.75) is 32.4 Å². The van der Waals surface area contributed by atoms with E-state index in [1.54, 1.807) is 12.1 Å². The number of amides is 1. The van der Waals surface area contributed by atoms with Gasteiger partial charge in [-0.2, -0.15) is 0 Å². The Kier molecular flexibility index (Phi) is 6.46. The average Bonchev–Trinajstić information content (AvgIpc) is 2.77. The van der Waals surface area contributed by atoms with E-state index in [-0.39, 0.29) is 11.9 Å². The molecule has 1 aliphatic rings. The van der Waals surface area contributed by atoms with Crippen LogP contribution in [-0.2, 0) is 6.54 Å². The Bertz CT molecular complexity index is 983. The number of pyridine rings is 1. The fourth-order valence-corrected chi connectivity index (χ4v) is 4.23. The maximum Gasteiger partial charge on any atom is 0.258 e. The summed E-state index contributed by atoms with van der Waals surface area (Å²) in [6, 6.07) is 19.7. The van der Waals surface area contributed by atoms with Gasteiger partial charge in [0.15, 0.2) is 0 Å². The number of hydrogen-bond donors (Lipinski definition) is 0. The third kappa shape index (κ3) is 4.89. The van der Waals surface area contributed by atoms with E-state index in [0.29, 0.717) is 10.6 Å². The van der Waals surface area contributed by atoms with Gasteiger partial charge in [-0.05, 0) is 67.8 Å². The summed E-state index contributed by atoms with van der Waals surface area (Å²) >= 11 is 6.16. The van der Waals surface area contributed by atoms with Gasteiger partial charge in [0.25, 0.3) is 5.91 Å². The number of anilines is 1. The lowest BCUT2D eigenvalue weighted by molar-refractivity contribution is 0.0958. The van der Waals surface area contributed by atoms with Gasteiger partial charge >= 0.3 is 0 Å². The molecular weight excluding hydrogens is 394 g/mol. The maximum absolute atomic E-state index is 13.5. The average molecular weight is 420 g/mol. The summed E-state index contributed by atoms with van der Waals surface area (Å²) in [5.41, 5.74) is 4.02. The van der Waals surface area contributed by atoms with Crippen LogP contribution in [0.1, 0.15) is 34.3 Å². The van der Waals surface area contributed by atoms with Crippen molar-refractivity contribution in [3.8, 4) is 0 Å². The second-order valence-corrected chi connectivity index (χ2v) is 8.32. The molecule has 2 heterocycles. The van der Waals surface area contributed by atoms with E-state index in [9.17, 15) is 4.79 Å². The topological polar surface area (TPSA) is 36.4 Å². The number of halogens is 1. The number of nitrogens with zero attached hydrogens (tertiary/aromatic N) is 3. The van der Waals surface area contributed by atoms with Crippen LogP contribution in [0.25, 0.3) is 0 Å². The maximum atomic E-state index is 13.5. The van der Waals surface area contributed by atoms with Crippen LogP contribution in [-0.4, -0.2) is 34.9 Å². The Balaban J connectivity index is 1.53. The summed E-state index contributed by atoms with van der Waals surface area (Å²) < 4.78 is 0. The molecule has 0 unspecified atom stereocenters. The Hall–Kier alpha value is -2.69. The molecule has 3 aromatic rings. The van der Waals surface area contributed by atoms with E-state index in [1.807, 2.05) is 41.6 Å². The van der Waals surface area contributed by atoms with Crippen molar-refractivity contribution in [3.63, 3.8) is 0 Å². The van der Waals surface area contributed by atoms with Gasteiger partial charge in [-0.25, -0.2) is 0 Å². The van der Waals surface area contributed by atoms with Gasteiger partial charge in [0.2, 0.25) is 0 Å². The first-order valence-corrected chi connectivity index (χ1v) is 10.7. The summed E-state index contributed by atoms with van der Waals surface area (Å²) in [6.07, 6.45) is 5.55. The van der Waals surface area contributed by atoms with Crippen LogP contribution < -0.4 is 4.90 Å². The number of aryl methyl sites for hydroxylation is 1. The number of carbonyl (C=O) groups is 1. The normalized spacial score (nSPS) is 15.1. The lowest BCUT2D eigenvalue weighted by atomic mass is 10.00. The predicted molar refractivity (Wildman–Crippen MR) is 122 cm³/mol. The fourth-order valence-electron chi connectivity index (χ4n) is 4.04. The van der Waals surface area contributed by atoms with Gasteiger partial charge in [0.05, 0.1) is 0 Å². The van der Waals surface area contributed by atoms with Crippen molar-refractivity contribution in [1.29, 1.82) is 0 Å². The van der Waals surface area contributed by atoms with E-state index in [0.717, 1.165) is 38.2 Å². The van der Waals surface area contributed by atoms with Crippen molar-refractivity contribution >= 4 is 23.2 Å². The molecular formula is C25H26ClN3O. The van der Waals surface area contributed by atoms with Gasteiger partial charge < -0.3 is 4.90 Å². The summed E-state index contributed by atoms with van der Waals surface area (Å²) in [5.74, 6) is 0.00827. The Morgan fingerprint density at radius 2 is 1.77 bits per heavy atom. The Labute approximate surface area is 183 Å². The van der Waals surface area contributed by atoms with Crippen LogP contribution in [0.15, 0.2) is 73.1 Å². The van der Waals surface area contributed by atoms with Crippen LogP contribution in [0.3, 0.4) is 0 Å². The van der Waals surface area contributed by atoms with Gasteiger partial charge in [-0.3, -0.25) is 14.7 Å². The highest BCUT2D eigenvalue weighted by atomic mass is 35.5. The highest BCUT2D eigenvalue weighted by Gasteiger charge is 2.30. The lowest BCUT2D eigenvalue weighted by Gasteiger charge is -2.38. The van der Waals surface area contributed by atoms with Crippen molar-refractivity contribution in [2.75, 3.05) is 18.0 Å². The molecule has 0 radical (unpaired) electrons. The second-order valence-electron chi connectivity index (χ2n) is 7.88. The molecule has 30 heavy (non-hydrogen) atoms. The van der Waals surface area contributed by atoms with E-state index in [4.69, 9.17) is 11.6 Å². The second kappa shape index (κ2) is 9.41. The van der Waals surface area contributed by atoms with Gasteiger partial charge in [-0.15, -0.1) is 0 Å². The molecule has 0 bridgehead atoms. The van der Waals surface area contributed by atoms with Crippen LogP contribution in [0.4, 0.5) is 5.69 Å². The lowest BCUT2D eigenvalue weighted by Crippen LogP contribution is -2.47. The standard InChI is InChI=1S/C25H26ClN3O/c1-19-5-7-23(8-6-19)29(25(30)21-3-2-4-22(26)17-21)24-11-15-28(16-12-24)18-20-9-13-27-14-10-20/h2-10,13-14,17,24H,11-12,15-16,18H2,1H3. The minimum atomic E-state index is 0.00827. The first-order chi connectivity index (χ1) is 14.6. The van der Waals surface area contributed by atoms with Crippen LogP contribution >= 0.6 is 11.6 Å². The van der Waals surface area contributed by atoms with E-state index in [2.05, 4.69) is 41.1 Å².